The molecule has 0 unspecified atom stereocenters. The summed E-state index contributed by atoms with van der Waals surface area (Å²) < 4.78 is 12.9. The predicted molar refractivity (Wildman–Crippen MR) is 119 cm³/mol. The van der Waals surface area contributed by atoms with Crippen molar-refractivity contribution < 1.29 is 4.39 Å². The summed E-state index contributed by atoms with van der Waals surface area (Å²) in [5, 5.41) is 8.49. The molecule has 0 aliphatic heterocycles. The van der Waals surface area contributed by atoms with Crippen LogP contribution in [0.3, 0.4) is 0 Å². The summed E-state index contributed by atoms with van der Waals surface area (Å²) in [5.41, 5.74) is 4.46. The van der Waals surface area contributed by atoms with Gasteiger partial charge in [0.05, 0.1) is 0 Å². The molecule has 0 amide bonds. The van der Waals surface area contributed by atoms with E-state index in [0.29, 0.717) is 24.2 Å². The van der Waals surface area contributed by atoms with Crippen LogP contribution in [-0.2, 0) is 6.42 Å². The van der Waals surface area contributed by atoms with Crippen molar-refractivity contribution in [3.8, 4) is 6.07 Å². The number of hydrogen-bond acceptors (Lipinski definition) is 1. The molecule has 29 heavy (non-hydrogen) atoms. The van der Waals surface area contributed by atoms with Crippen molar-refractivity contribution >= 4 is 0 Å². The van der Waals surface area contributed by atoms with E-state index in [1.807, 2.05) is 0 Å². The third-order valence-corrected chi connectivity index (χ3v) is 7.49. The van der Waals surface area contributed by atoms with E-state index >= 15 is 0 Å². The summed E-state index contributed by atoms with van der Waals surface area (Å²) in [4.78, 5) is 0. The fraction of sp³-hybridized carbons (Fsp3) is 0.593. The number of allylic oxidation sites excluding steroid dienone is 3. The summed E-state index contributed by atoms with van der Waals surface area (Å²) in [6, 6.07) is 10.8. The largest absolute Gasteiger partial charge is 0.196 e. The molecule has 0 aromatic heterocycles. The highest BCUT2D eigenvalue weighted by atomic mass is 19.1. The molecular formula is C27H36FN. The van der Waals surface area contributed by atoms with Gasteiger partial charge in [0.25, 0.3) is 0 Å². The van der Waals surface area contributed by atoms with Crippen LogP contribution in [-0.4, -0.2) is 0 Å². The van der Waals surface area contributed by atoms with Crippen molar-refractivity contribution in [1.29, 1.82) is 5.26 Å². The second-order valence-corrected chi connectivity index (χ2v) is 9.18. The second-order valence-electron chi connectivity index (χ2n) is 9.18. The zero-order valence-corrected chi connectivity index (χ0v) is 18.0. The average molecular weight is 394 g/mol. The Morgan fingerprint density at radius 2 is 1.62 bits per heavy atom. The first kappa shape index (κ1) is 21.8. The Morgan fingerprint density at radius 3 is 2.17 bits per heavy atom. The molecule has 0 N–H and O–H groups in total. The Balaban J connectivity index is 1.41. The highest BCUT2D eigenvalue weighted by molar-refractivity contribution is 5.26. The van der Waals surface area contributed by atoms with Gasteiger partial charge in [-0.05, 0) is 112 Å². The van der Waals surface area contributed by atoms with E-state index in [1.54, 1.807) is 6.07 Å². The number of rotatable bonds is 7. The van der Waals surface area contributed by atoms with Crippen LogP contribution in [0.1, 0.15) is 88.2 Å². The predicted octanol–water partition coefficient (Wildman–Crippen LogP) is 8.04. The average Bonchev–Trinajstić information content (AvgIpc) is 2.79. The fourth-order valence-electron chi connectivity index (χ4n) is 5.47. The molecule has 0 saturated heterocycles. The van der Waals surface area contributed by atoms with Crippen molar-refractivity contribution in [2.45, 2.75) is 83.5 Å². The van der Waals surface area contributed by atoms with Gasteiger partial charge in [0.2, 0.25) is 0 Å². The molecule has 2 saturated carbocycles. The van der Waals surface area contributed by atoms with Gasteiger partial charge in [-0.15, -0.1) is 0 Å². The van der Waals surface area contributed by atoms with Crippen LogP contribution in [0.15, 0.2) is 48.3 Å². The highest BCUT2D eigenvalue weighted by Gasteiger charge is 2.29. The van der Waals surface area contributed by atoms with Crippen LogP contribution in [0.4, 0.5) is 4.39 Å². The molecule has 1 aromatic carbocycles. The Bertz CT molecular complexity index is 723. The lowest BCUT2D eigenvalue weighted by Crippen LogP contribution is -2.22. The third kappa shape index (κ3) is 6.05. The van der Waals surface area contributed by atoms with E-state index in [9.17, 15) is 4.39 Å². The van der Waals surface area contributed by atoms with Crippen molar-refractivity contribution in [3.05, 3.63) is 59.4 Å². The van der Waals surface area contributed by atoms with E-state index in [-0.39, 0.29) is 0 Å². The van der Waals surface area contributed by atoms with Crippen LogP contribution in [0, 0.1) is 29.1 Å². The minimum Gasteiger partial charge on any atom is -0.195 e. The number of aryl methyl sites for hydroxylation is 1. The molecule has 2 fully saturated rings. The minimum atomic E-state index is -0.635. The van der Waals surface area contributed by atoms with Gasteiger partial charge < -0.3 is 0 Å². The first-order valence-electron chi connectivity index (χ1n) is 11.6. The van der Waals surface area contributed by atoms with Crippen molar-refractivity contribution in [2.24, 2.45) is 17.8 Å². The van der Waals surface area contributed by atoms with Crippen LogP contribution in [0.2, 0.25) is 0 Å². The smallest absolute Gasteiger partial charge is 0.195 e. The number of benzene rings is 1. The fourth-order valence-corrected chi connectivity index (χ4v) is 5.47. The maximum absolute atomic E-state index is 12.9. The monoisotopic (exact) mass is 393 g/mol. The Morgan fingerprint density at radius 1 is 1.03 bits per heavy atom. The van der Waals surface area contributed by atoms with Gasteiger partial charge in [-0.3, -0.25) is 0 Å². The van der Waals surface area contributed by atoms with Crippen molar-refractivity contribution in [1.82, 2.24) is 0 Å². The molecule has 0 radical (unpaired) electrons. The third-order valence-electron chi connectivity index (χ3n) is 7.49. The summed E-state index contributed by atoms with van der Waals surface area (Å²) in [6.07, 6.45) is 14.4. The van der Waals surface area contributed by atoms with Gasteiger partial charge in [0, 0.05) is 0 Å². The summed E-state index contributed by atoms with van der Waals surface area (Å²) >= 11 is 0. The van der Waals surface area contributed by atoms with Gasteiger partial charge in [-0.2, -0.15) is 9.65 Å². The molecular weight excluding hydrogens is 357 g/mol. The summed E-state index contributed by atoms with van der Waals surface area (Å²) in [6.45, 7) is 6.76. The Kier molecular flexibility index (Phi) is 8.10. The standard InChI is InChI=1S/C27H36FN/c1-3-21-7-13-25(14-8-21)26-17-15-24(16-18-26)20(2)23-11-9-22(10-12-23)5-4-6-27(28)19-29/h6-8,13-14,22-24,26H,2-5,9-12,15-18H2,1H3. The molecule has 0 heterocycles. The maximum atomic E-state index is 12.9. The van der Waals surface area contributed by atoms with Crippen LogP contribution < -0.4 is 0 Å². The van der Waals surface area contributed by atoms with Crippen LogP contribution in [0.5, 0.6) is 0 Å². The molecule has 2 aliphatic carbocycles. The molecule has 2 aliphatic rings. The topological polar surface area (TPSA) is 23.8 Å². The number of nitriles is 1. The minimum absolute atomic E-state index is 0.635. The zero-order valence-electron chi connectivity index (χ0n) is 18.0. The van der Waals surface area contributed by atoms with Gasteiger partial charge in [0.15, 0.2) is 5.83 Å². The Labute approximate surface area is 176 Å². The normalized spacial score (nSPS) is 28.0. The van der Waals surface area contributed by atoms with Gasteiger partial charge >= 0.3 is 0 Å². The van der Waals surface area contributed by atoms with E-state index in [1.165, 1.54) is 74.1 Å². The SMILES string of the molecule is C=C(C1CCC(CCC=C(F)C#N)CC1)C1CCC(c2ccc(CC)cc2)CC1. The van der Waals surface area contributed by atoms with E-state index in [0.717, 1.165) is 18.8 Å². The molecule has 0 spiro atoms. The van der Waals surface area contributed by atoms with Crippen molar-refractivity contribution in [3.63, 3.8) is 0 Å². The van der Waals surface area contributed by atoms with Crippen LogP contribution >= 0.6 is 0 Å². The molecule has 3 rings (SSSR count). The molecule has 2 heteroatoms. The second kappa shape index (κ2) is 10.8. The van der Waals surface area contributed by atoms with Gasteiger partial charge in [0.1, 0.15) is 6.07 Å². The van der Waals surface area contributed by atoms with Gasteiger partial charge in [-0.25, -0.2) is 0 Å². The first-order chi connectivity index (χ1) is 14.1. The summed E-state index contributed by atoms with van der Waals surface area (Å²) in [7, 11) is 0. The number of hydrogen-bond donors (Lipinski definition) is 0. The van der Waals surface area contributed by atoms with Gasteiger partial charge in [-0.1, -0.05) is 43.3 Å². The highest BCUT2D eigenvalue weighted by Crippen LogP contribution is 2.44. The lowest BCUT2D eigenvalue weighted by Gasteiger charge is -2.36. The lowest BCUT2D eigenvalue weighted by atomic mass is 9.69. The lowest BCUT2D eigenvalue weighted by molar-refractivity contribution is 0.260. The molecule has 0 bridgehead atoms. The van der Waals surface area contributed by atoms with E-state index in [4.69, 9.17) is 5.26 Å². The first-order valence-corrected chi connectivity index (χ1v) is 11.6. The van der Waals surface area contributed by atoms with E-state index < -0.39 is 5.83 Å². The number of halogens is 1. The zero-order chi connectivity index (χ0) is 20.6. The molecule has 1 aromatic rings. The molecule has 156 valence electrons. The molecule has 0 atom stereocenters. The van der Waals surface area contributed by atoms with Crippen molar-refractivity contribution in [2.75, 3.05) is 0 Å². The molecule has 1 nitrogen and oxygen atoms in total. The number of nitrogens with zero attached hydrogens (tertiary/aromatic N) is 1. The Hall–Kier alpha value is -1.88. The quantitative estimate of drug-likeness (QED) is 0.339. The van der Waals surface area contributed by atoms with Crippen LogP contribution in [0.25, 0.3) is 0 Å². The summed E-state index contributed by atoms with van der Waals surface area (Å²) in [5.74, 6) is 2.16. The maximum Gasteiger partial charge on any atom is 0.196 e. The van der Waals surface area contributed by atoms with E-state index in [2.05, 4.69) is 37.8 Å².